The number of benzene rings is 2. The fraction of sp³-hybridized carbons (Fsp3) is 0.235. The molecule has 0 bridgehead atoms. The highest BCUT2D eigenvalue weighted by molar-refractivity contribution is 5.99. The normalized spacial score (nSPS) is 13.9. The smallest absolute Gasteiger partial charge is 0.185 e. The Bertz CT molecular complexity index is 638. The predicted molar refractivity (Wildman–Crippen MR) is 77.7 cm³/mol. The van der Waals surface area contributed by atoms with E-state index in [9.17, 15) is 9.18 Å². The second kappa shape index (κ2) is 5.45. The van der Waals surface area contributed by atoms with Gasteiger partial charge in [0, 0.05) is 12.2 Å². The fourth-order valence-electron chi connectivity index (χ4n) is 2.72. The lowest BCUT2D eigenvalue weighted by molar-refractivity contribution is 0.0995. The fourth-order valence-corrected chi connectivity index (χ4v) is 2.72. The minimum absolute atomic E-state index is 0.167. The van der Waals surface area contributed by atoms with Gasteiger partial charge in [-0.2, -0.15) is 0 Å². The molecule has 2 aromatic carbocycles. The quantitative estimate of drug-likeness (QED) is 0.795. The van der Waals surface area contributed by atoms with Crippen LogP contribution in [0.5, 0.6) is 0 Å². The van der Waals surface area contributed by atoms with Crippen molar-refractivity contribution in [1.82, 2.24) is 0 Å². The number of carbonyl (C=O) groups is 1. The van der Waals surface area contributed by atoms with Crippen LogP contribution < -0.4 is 4.90 Å². The van der Waals surface area contributed by atoms with Gasteiger partial charge in [-0.1, -0.05) is 30.3 Å². The number of nitrogens with zero attached hydrogens (tertiary/aromatic N) is 1. The van der Waals surface area contributed by atoms with E-state index >= 15 is 0 Å². The Hall–Kier alpha value is -2.16. The van der Waals surface area contributed by atoms with Gasteiger partial charge in [0.05, 0.1) is 12.1 Å². The van der Waals surface area contributed by atoms with Gasteiger partial charge in [-0.15, -0.1) is 0 Å². The SMILES string of the molecule is O=C(CN1CCCc2ccccc21)c1ccccc1F. The highest BCUT2D eigenvalue weighted by Crippen LogP contribution is 2.26. The van der Waals surface area contributed by atoms with Crippen molar-refractivity contribution < 1.29 is 9.18 Å². The van der Waals surface area contributed by atoms with Crippen LogP contribution in [0.4, 0.5) is 10.1 Å². The van der Waals surface area contributed by atoms with Crippen molar-refractivity contribution in [2.24, 2.45) is 0 Å². The van der Waals surface area contributed by atoms with Crippen molar-refractivity contribution in [3.05, 3.63) is 65.5 Å². The third-order valence-electron chi connectivity index (χ3n) is 3.72. The van der Waals surface area contributed by atoms with Crippen LogP contribution >= 0.6 is 0 Å². The van der Waals surface area contributed by atoms with Crippen molar-refractivity contribution in [2.75, 3.05) is 18.0 Å². The maximum Gasteiger partial charge on any atom is 0.185 e. The number of anilines is 1. The molecule has 102 valence electrons. The molecule has 0 aromatic heterocycles. The molecule has 1 aliphatic heterocycles. The van der Waals surface area contributed by atoms with Crippen molar-refractivity contribution in [3.63, 3.8) is 0 Å². The third-order valence-corrected chi connectivity index (χ3v) is 3.72. The van der Waals surface area contributed by atoms with Crippen LogP contribution in [0.25, 0.3) is 0 Å². The monoisotopic (exact) mass is 269 g/mol. The predicted octanol–water partition coefficient (Wildman–Crippen LogP) is 3.46. The Morgan fingerprint density at radius 2 is 1.85 bits per heavy atom. The molecule has 1 aliphatic rings. The summed E-state index contributed by atoms with van der Waals surface area (Å²) in [5.41, 5.74) is 2.54. The zero-order valence-corrected chi connectivity index (χ0v) is 11.2. The maximum atomic E-state index is 13.7. The molecule has 0 amide bonds. The largest absolute Gasteiger partial charge is 0.364 e. The Balaban J connectivity index is 1.83. The number of rotatable bonds is 3. The Kier molecular flexibility index (Phi) is 3.50. The number of carbonyl (C=O) groups excluding carboxylic acids is 1. The van der Waals surface area contributed by atoms with Crippen LogP contribution in [0.1, 0.15) is 22.3 Å². The maximum absolute atomic E-state index is 13.7. The molecular weight excluding hydrogens is 253 g/mol. The minimum atomic E-state index is -0.442. The second-order valence-corrected chi connectivity index (χ2v) is 5.06. The van der Waals surface area contributed by atoms with Gasteiger partial charge in [0.2, 0.25) is 0 Å². The van der Waals surface area contributed by atoms with Crippen LogP contribution in [-0.2, 0) is 6.42 Å². The van der Waals surface area contributed by atoms with Crippen LogP contribution in [-0.4, -0.2) is 18.9 Å². The van der Waals surface area contributed by atoms with E-state index in [0.717, 1.165) is 25.1 Å². The number of Topliss-reactive ketones (excluding diaryl/α,β-unsaturated/α-hetero) is 1. The van der Waals surface area contributed by atoms with Crippen molar-refractivity contribution >= 4 is 11.5 Å². The summed E-state index contributed by atoms with van der Waals surface area (Å²) in [7, 11) is 0. The van der Waals surface area contributed by atoms with Crippen LogP contribution in [0, 0.1) is 5.82 Å². The summed E-state index contributed by atoms with van der Waals surface area (Å²) in [6.07, 6.45) is 2.07. The molecule has 0 radical (unpaired) electrons. The topological polar surface area (TPSA) is 20.3 Å². The van der Waals surface area contributed by atoms with E-state index in [1.165, 1.54) is 11.6 Å². The summed E-state index contributed by atoms with van der Waals surface area (Å²) < 4.78 is 13.7. The molecule has 0 spiro atoms. The molecule has 2 aromatic rings. The van der Waals surface area contributed by atoms with E-state index in [1.807, 2.05) is 23.1 Å². The molecule has 0 fully saturated rings. The van der Waals surface area contributed by atoms with Crippen molar-refractivity contribution in [1.29, 1.82) is 0 Å². The van der Waals surface area contributed by atoms with E-state index in [-0.39, 0.29) is 17.9 Å². The second-order valence-electron chi connectivity index (χ2n) is 5.06. The van der Waals surface area contributed by atoms with Gasteiger partial charge in [-0.25, -0.2) is 4.39 Å². The van der Waals surface area contributed by atoms with E-state index in [1.54, 1.807) is 18.2 Å². The average molecular weight is 269 g/mol. The first-order valence-electron chi connectivity index (χ1n) is 6.86. The van der Waals surface area contributed by atoms with Crippen molar-refractivity contribution in [3.8, 4) is 0 Å². The lowest BCUT2D eigenvalue weighted by atomic mass is 10.0. The summed E-state index contributed by atoms with van der Waals surface area (Å²) in [6, 6.07) is 14.3. The zero-order valence-electron chi connectivity index (χ0n) is 11.2. The van der Waals surface area contributed by atoms with Gasteiger partial charge in [0.1, 0.15) is 5.82 Å². The van der Waals surface area contributed by atoms with E-state index < -0.39 is 5.82 Å². The number of hydrogen-bond acceptors (Lipinski definition) is 2. The number of halogens is 1. The lowest BCUT2D eigenvalue weighted by Gasteiger charge is -2.30. The number of ketones is 1. The number of aryl methyl sites for hydroxylation is 1. The number of para-hydroxylation sites is 1. The van der Waals surface area contributed by atoms with Gasteiger partial charge in [0.15, 0.2) is 5.78 Å². The molecule has 2 nitrogen and oxygen atoms in total. The van der Waals surface area contributed by atoms with E-state index in [0.29, 0.717) is 0 Å². The molecule has 20 heavy (non-hydrogen) atoms. The highest BCUT2D eigenvalue weighted by Gasteiger charge is 2.20. The molecule has 0 saturated heterocycles. The third kappa shape index (κ3) is 2.44. The lowest BCUT2D eigenvalue weighted by Crippen LogP contribution is -2.34. The molecule has 1 heterocycles. The van der Waals surface area contributed by atoms with E-state index in [4.69, 9.17) is 0 Å². The number of hydrogen-bond donors (Lipinski definition) is 0. The first kappa shape index (κ1) is 12.9. The van der Waals surface area contributed by atoms with Gasteiger partial charge in [-0.3, -0.25) is 4.79 Å². The molecule has 0 saturated carbocycles. The Morgan fingerprint density at radius 1 is 1.10 bits per heavy atom. The van der Waals surface area contributed by atoms with Gasteiger partial charge < -0.3 is 4.90 Å². The first-order chi connectivity index (χ1) is 9.75. The molecular formula is C17H16FNO. The van der Waals surface area contributed by atoms with E-state index in [2.05, 4.69) is 6.07 Å². The first-order valence-corrected chi connectivity index (χ1v) is 6.86. The molecule has 3 heteroatoms. The molecule has 0 aliphatic carbocycles. The van der Waals surface area contributed by atoms with Crippen molar-refractivity contribution in [2.45, 2.75) is 12.8 Å². The van der Waals surface area contributed by atoms with Gasteiger partial charge in [0.25, 0.3) is 0 Å². The summed E-state index contributed by atoms with van der Waals surface area (Å²) in [4.78, 5) is 14.3. The molecule has 0 atom stereocenters. The van der Waals surface area contributed by atoms with Gasteiger partial charge >= 0.3 is 0 Å². The van der Waals surface area contributed by atoms with Crippen LogP contribution in [0.3, 0.4) is 0 Å². The Labute approximate surface area is 117 Å². The minimum Gasteiger partial charge on any atom is -0.364 e. The molecule has 0 N–H and O–H groups in total. The molecule has 0 unspecified atom stereocenters. The average Bonchev–Trinajstić information content (AvgIpc) is 2.48. The number of fused-ring (bicyclic) bond motifs is 1. The van der Waals surface area contributed by atoms with Crippen LogP contribution in [0.15, 0.2) is 48.5 Å². The summed E-state index contributed by atoms with van der Waals surface area (Å²) in [5.74, 6) is -0.609. The Morgan fingerprint density at radius 3 is 2.70 bits per heavy atom. The molecule has 3 rings (SSSR count). The summed E-state index contributed by atoms with van der Waals surface area (Å²) in [5, 5.41) is 0. The van der Waals surface area contributed by atoms with Gasteiger partial charge in [-0.05, 0) is 36.6 Å². The zero-order chi connectivity index (χ0) is 13.9. The summed E-state index contributed by atoms with van der Waals surface area (Å²) in [6.45, 7) is 1.08. The highest BCUT2D eigenvalue weighted by atomic mass is 19.1. The van der Waals surface area contributed by atoms with Crippen LogP contribution in [0.2, 0.25) is 0 Å². The summed E-state index contributed by atoms with van der Waals surface area (Å²) >= 11 is 0. The standard InChI is InChI=1S/C17H16FNO/c18-15-9-3-2-8-14(15)17(20)12-19-11-5-7-13-6-1-4-10-16(13)19/h1-4,6,8-10H,5,7,11-12H2.